The van der Waals surface area contributed by atoms with E-state index in [4.69, 9.17) is 10.5 Å². The molecule has 0 amide bonds. The van der Waals surface area contributed by atoms with Crippen LogP contribution >= 0.6 is 0 Å². The smallest absolute Gasteiger partial charge is 0.135 e. The van der Waals surface area contributed by atoms with Gasteiger partial charge in [-0.3, -0.25) is 0 Å². The second-order valence-electron chi connectivity index (χ2n) is 5.74. The molecule has 1 aliphatic rings. The van der Waals surface area contributed by atoms with E-state index in [1.165, 1.54) is 0 Å². The van der Waals surface area contributed by atoms with Gasteiger partial charge in [0.2, 0.25) is 0 Å². The van der Waals surface area contributed by atoms with Gasteiger partial charge in [0.25, 0.3) is 0 Å². The molecule has 1 atom stereocenters. The van der Waals surface area contributed by atoms with Crippen LogP contribution in [0, 0.1) is 0 Å². The van der Waals surface area contributed by atoms with Gasteiger partial charge in [-0.2, -0.15) is 0 Å². The summed E-state index contributed by atoms with van der Waals surface area (Å²) in [6, 6.07) is 1.87. The van der Waals surface area contributed by atoms with Crippen molar-refractivity contribution in [3.05, 3.63) is 11.9 Å². The van der Waals surface area contributed by atoms with E-state index in [-0.39, 0.29) is 5.92 Å². The normalized spacial score (nSPS) is 19.6. The summed E-state index contributed by atoms with van der Waals surface area (Å²) in [4.78, 5) is 11.2. The van der Waals surface area contributed by atoms with E-state index < -0.39 is 0 Å². The summed E-state index contributed by atoms with van der Waals surface area (Å²) >= 11 is 0. The van der Waals surface area contributed by atoms with Gasteiger partial charge in [-0.25, -0.2) is 9.97 Å². The van der Waals surface area contributed by atoms with E-state index in [1.54, 1.807) is 0 Å². The molecule has 5 nitrogen and oxygen atoms in total. The van der Waals surface area contributed by atoms with Gasteiger partial charge in [0.15, 0.2) is 0 Å². The van der Waals surface area contributed by atoms with Gasteiger partial charge in [-0.15, -0.1) is 0 Å². The van der Waals surface area contributed by atoms with Gasteiger partial charge in [0, 0.05) is 31.7 Å². The molecule has 2 heterocycles. The van der Waals surface area contributed by atoms with Crippen LogP contribution in [0.2, 0.25) is 0 Å². The van der Waals surface area contributed by atoms with Crippen LogP contribution in [0.4, 0.5) is 11.6 Å². The van der Waals surface area contributed by atoms with Gasteiger partial charge in [-0.1, -0.05) is 20.8 Å². The number of anilines is 2. The average Bonchev–Trinajstić information content (AvgIpc) is 2.44. The zero-order valence-electron chi connectivity index (χ0n) is 12.8. The number of hydrogen-bond donors (Lipinski definition) is 1. The standard InChI is InChI=1S/C15H26N4O/c1-4-8-20-12-6-5-7-19(10-12)14-9-13(16)17-15(18-14)11(2)3/h9,11-12H,4-8,10H2,1-3H3,(H2,16,17,18). The van der Waals surface area contributed by atoms with E-state index in [0.29, 0.717) is 11.9 Å². The van der Waals surface area contributed by atoms with E-state index in [2.05, 4.69) is 35.6 Å². The van der Waals surface area contributed by atoms with Crippen LogP contribution in [-0.2, 0) is 4.74 Å². The van der Waals surface area contributed by atoms with Crippen LogP contribution < -0.4 is 10.6 Å². The Balaban J connectivity index is 2.10. The summed E-state index contributed by atoms with van der Waals surface area (Å²) < 4.78 is 5.88. The largest absolute Gasteiger partial charge is 0.384 e. The zero-order valence-corrected chi connectivity index (χ0v) is 12.8. The highest BCUT2D eigenvalue weighted by Crippen LogP contribution is 2.23. The molecule has 0 aliphatic carbocycles. The van der Waals surface area contributed by atoms with Crippen molar-refractivity contribution >= 4 is 11.6 Å². The molecule has 0 bridgehead atoms. The molecule has 1 saturated heterocycles. The first-order valence-corrected chi connectivity index (χ1v) is 7.61. The molecule has 0 aromatic carbocycles. The summed E-state index contributed by atoms with van der Waals surface area (Å²) in [5.74, 6) is 2.59. The molecule has 1 fully saturated rings. The van der Waals surface area contributed by atoms with Crippen molar-refractivity contribution in [3.8, 4) is 0 Å². The molecule has 1 aromatic rings. The maximum absolute atomic E-state index is 5.91. The van der Waals surface area contributed by atoms with Crippen molar-refractivity contribution in [2.75, 3.05) is 30.3 Å². The fourth-order valence-electron chi connectivity index (χ4n) is 2.46. The molecule has 112 valence electrons. The van der Waals surface area contributed by atoms with E-state index in [9.17, 15) is 0 Å². The van der Waals surface area contributed by atoms with Crippen LogP contribution in [-0.4, -0.2) is 35.8 Å². The molecule has 0 spiro atoms. The predicted molar refractivity (Wildman–Crippen MR) is 82.0 cm³/mol. The van der Waals surface area contributed by atoms with Crippen LogP contribution in [0.15, 0.2) is 6.07 Å². The zero-order chi connectivity index (χ0) is 14.5. The van der Waals surface area contributed by atoms with Crippen LogP contribution in [0.25, 0.3) is 0 Å². The second-order valence-corrected chi connectivity index (χ2v) is 5.74. The Kier molecular flexibility index (Phi) is 5.17. The lowest BCUT2D eigenvalue weighted by Crippen LogP contribution is -2.40. The predicted octanol–water partition coefficient (Wildman–Crippen LogP) is 2.58. The molecule has 20 heavy (non-hydrogen) atoms. The Morgan fingerprint density at radius 2 is 2.25 bits per heavy atom. The topological polar surface area (TPSA) is 64.3 Å². The molecular formula is C15H26N4O. The number of ether oxygens (including phenoxy) is 1. The van der Waals surface area contributed by atoms with E-state index >= 15 is 0 Å². The molecule has 0 saturated carbocycles. The molecule has 2 rings (SSSR count). The third-order valence-electron chi connectivity index (χ3n) is 3.53. The summed E-state index contributed by atoms with van der Waals surface area (Å²) in [5.41, 5.74) is 5.91. The molecule has 5 heteroatoms. The first-order chi connectivity index (χ1) is 9.60. The van der Waals surface area contributed by atoms with Crippen molar-refractivity contribution in [1.29, 1.82) is 0 Å². The van der Waals surface area contributed by atoms with Crippen LogP contribution in [0.1, 0.15) is 51.8 Å². The monoisotopic (exact) mass is 278 g/mol. The highest BCUT2D eigenvalue weighted by atomic mass is 16.5. The molecule has 1 aliphatic heterocycles. The molecular weight excluding hydrogens is 252 g/mol. The fourth-order valence-corrected chi connectivity index (χ4v) is 2.46. The van der Waals surface area contributed by atoms with Crippen LogP contribution in [0.3, 0.4) is 0 Å². The quantitative estimate of drug-likeness (QED) is 0.896. The number of nitrogens with zero attached hydrogens (tertiary/aromatic N) is 3. The number of nitrogen functional groups attached to an aromatic ring is 1. The van der Waals surface area contributed by atoms with Crippen LogP contribution in [0.5, 0.6) is 0 Å². The van der Waals surface area contributed by atoms with Gasteiger partial charge in [-0.05, 0) is 19.3 Å². The highest BCUT2D eigenvalue weighted by Gasteiger charge is 2.22. The second kappa shape index (κ2) is 6.88. The summed E-state index contributed by atoms with van der Waals surface area (Å²) in [7, 11) is 0. The molecule has 1 aromatic heterocycles. The molecule has 1 unspecified atom stereocenters. The number of nitrogens with two attached hydrogens (primary N) is 1. The lowest BCUT2D eigenvalue weighted by atomic mass is 10.1. The van der Waals surface area contributed by atoms with Gasteiger partial charge >= 0.3 is 0 Å². The number of hydrogen-bond acceptors (Lipinski definition) is 5. The lowest BCUT2D eigenvalue weighted by Gasteiger charge is -2.33. The molecule has 2 N–H and O–H groups in total. The van der Waals surface area contributed by atoms with Crippen molar-refractivity contribution in [2.45, 2.75) is 52.1 Å². The van der Waals surface area contributed by atoms with Crippen molar-refractivity contribution in [3.63, 3.8) is 0 Å². The van der Waals surface area contributed by atoms with Gasteiger partial charge < -0.3 is 15.4 Å². The Hall–Kier alpha value is -1.36. The Labute approximate surface area is 121 Å². The first kappa shape index (κ1) is 15.0. The van der Waals surface area contributed by atoms with Crippen molar-refractivity contribution < 1.29 is 4.74 Å². The molecule has 0 radical (unpaired) electrons. The minimum absolute atomic E-state index is 0.286. The summed E-state index contributed by atoms with van der Waals surface area (Å²) in [6.45, 7) is 9.06. The van der Waals surface area contributed by atoms with Gasteiger partial charge in [0.05, 0.1) is 6.10 Å². The van der Waals surface area contributed by atoms with Gasteiger partial charge in [0.1, 0.15) is 17.5 Å². The maximum Gasteiger partial charge on any atom is 0.135 e. The highest BCUT2D eigenvalue weighted by molar-refractivity contribution is 5.47. The number of aromatic nitrogens is 2. The Morgan fingerprint density at radius 3 is 2.95 bits per heavy atom. The average molecular weight is 278 g/mol. The van der Waals surface area contributed by atoms with E-state index in [1.807, 2.05) is 6.07 Å². The summed E-state index contributed by atoms with van der Waals surface area (Å²) in [5, 5.41) is 0. The number of piperidine rings is 1. The number of rotatable bonds is 5. The maximum atomic E-state index is 5.91. The first-order valence-electron chi connectivity index (χ1n) is 7.61. The third kappa shape index (κ3) is 3.82. The Bertz CT molecular complexity index is 436. The van der Waals surface area contributed by atoms with E-state index in [0.717, 1.165) is 50.6 Å². The van der Waals surface area contributed by atoms with Crippen molar-refractivity contribution in [2.24, 2.45) is 0 Å². The third-order valence-corrected chi connectivity index (χ3v) is 3.53. The minimum Gasteiger partial charge on any atom is -0.384 e. The van der Waals surface area contributed by atoms with Crippen molar-refractivity contribution in [1.82, 2.24) is 9.97 Å². The fraction of sp³-hybridized carbons (Fsp3) is 0.733. The lowest BCUT2D eigenvalue weighted by molar-refractivity contribution is 0.0439. The summed E-state index contributed by atoms with van der Waals surface area (Å²) in [6.07, 6.45) is 3.64. The Morgan fingerprint density at radius 1 is 1.45 bits per heavy atom. The SMILES string of the molecule is CCCOC1CCCN(c2cc(N)nc(C(C)C)n2)C1. The minimum atomic E-state index is 0.286.